The summed E-state index contributed by atoms with van der Waals surface area (Å²) < 4.78 is 6.12. The van der Waals surface area contributed by atoms with Gasteiger partial charge in [-0.2, -0.15) is 0 Å². The van der Waals surface area contributed by atoms with Crippen molar-refractivity contribution in [2.75, 3.05) is 0 Å². The Labute approximate surface area is 159 Å². The zero-order valence-corrected chi connectivity index (χ0v) is 15.6. The summed E-state index contributed by atoms with van der Waals surface area (Å²) in [6, 6.07) is 21.7. The average molecular weight is 363 g/mol. The Hall–Kier alpha value is -2.85. The largest absolute Gasteiger partial charge is 0.481 e. The first kappa shape index (κ1) is 18.9. The quantitative estimate of drug-likeness (QED) is 0.605. The van der Waals surface area contributed by atoms with E-state index in [-0.39, 0.29) is 11.7 Å². The van der Waals surface area contributed by atoms with E-state index >= 15 is 0 Å². The fourth-order valence-electron chi connectivity index (χ4n) is 3.21. The molecule has 0 saturated carbocycles. The topological polar surface area (TPSA) is 62.3 Å². The monoisotopic (exact) mass is 363 g/mol. The second kappa shape index (κ2) is 8.69. The number of rotatable bonds is 8. The van der Waals surface area contributed by atoms with Gasteiger partial charge in [0.1, 0.15) is 11.5 Å². The molecule has 0 aliphatic heterocycles. The Balaban J connectivity index is 1.79. The number of carbonyl (C=O) groups excluding carboxylic acids is 1. The lowest BCUT2D eigenvalue weighted by Gasteiger charge is -2.27. The molecule has 3 rings (SSSR count). The van der Waals surface area contributed by atoms with Crippen LogP contribution in [0.3, 0.4) is 0 Å². The van der Waals surface area contributed by atoms with Gasteiger partial charge in [-0.15, -0.1) is 0 Å². The smallest absolute Gasteiger partial charge is 0.164 e. The van der Waals surface area contributed by atoms with Crippen LogP contribution in [0, 0.1) is 5.92 Å². The maximum atomic E-state index is 11.4. The highest BCUT2D eigenvalue weighted by Crippen LogP contribution is 2.30. The van der Waals surface area contributed by atoms with E-state index < -0.39 is 12.2 Å². The molecule has 1 heterocycles. The molecule has 0 saturated heterocycles. The number of aliphatic hydroxyl groups excluding tert-OH is 1. The van der Waals surface area contributed by atoms with E-state index in [0.717, 1.165) is 16.8 Å². The summed E-state index contributed by atoms with van der Waals surface area (Å²) in [6.45, 7) is 3.40. The van der Waals surface area contributed by atoms with Crippen molar-refractivity contribution in [3.05, 3.63) is 78.6 Å². The van der Waals surface area contributed by atoms with Crippen molar-refractivity contribution in [1.82, 2.24) is 4.98 Å². The molecule has 3 aromatic rings. The summed E-state index contributed by atoms with van der Waals surface area (Å²) in [7, 11) is 0. The number of Topliss-reactive ketones (excluding diaryl/α,β-unsaturated/α-hetero) is 1. The highest BCUT2D eigenvalue weighted by Gasteiger charge is 2.29. The van der Waals surface area contributed by atoms with Crippen molar-refractivity contribution in [3.8, 4) is 16.9 Å². The SMILES string of the molecule is CC(=O)CC(C)C(O)C(Oc1ccc(-c2ccccc2)cc1)c1ccc[nH]1. The normalized spacial score (nSPS) is 14.3. The first-order chi connectivity index (χ1) is 13.0. The van der Waals surface area contributed by atoms with Gasteiger partial charge in [-0.3, -0.25) is 0 Å². The van der Waals surface area contributed by atoms with E-state index in [2.05, 4.69) is 17.1 Å². The van der Waals surface area contributed by atoms with E-state index in [1.807, 2.05) is 61.5 Å². The number of ketones is 1. The van der Waals surface area contributed by atoms with E-state index in [9.17, 15) is 9.90 Å². The lowest BCUT2D eigenvalue weighted by atomic mass is 9.93. The van der Waals surface area contributed by atoms with Crippen LogP contribution in [0.2, 0.25) is 0 Å². The lowest BCUT2D eigenvalue weighted by molar-refractivity contribution is -0.119. The van der Waals surface area contributed by atoms with Crippen LogP contribution >= 0.6 is 0 Å². The number of nitrogens with one attached hydrogen (secondary N) is 1. The molecule has 0 spiro atoms. The minimum atomic E-state index is -0.804. The third kappa shape index (κ3) is 4.86. The van der Waals surface area contributed by atoms with Gasteiger partial charge in [0.2, 0.25) is 0 Å². The number of ether oxygens (including phenoxy) is 1. The van der Waals surface area contributed by atoms with Crippen LogP contribution in [0.4, 0.5) is 0 Å². The molecule has 3 unspecified atom stereocenters. The first-order valence-electron chi connectivity index (χ1n) is 9.17. The number of hydrogen-bond donors (Lipinski definition) is 2. The Morgan fingerprint density at radius 3 is 2.26 bits per heavy atom. The molecule has 4 nitrogen and oxygen atoms in total. The van der Waals surface area contributed by atoms with Crippen molar-refractivity contribution in [3.63, 3.8) is 0 Å². The average Bonchev–Trinajstić information content (AvgIpc) is 3.20. The molecular weight excluding hydrogens is 338 g/mol. The van der Waals surface area contributed by atoms with E-state index in [1.54, 1.807) is 6.20 Å². The predicted molar refractivity (Wildman–Crippen MR) is 107 cm³/mol. The standard InChI is InChI=1S/C23H25NO3/c1-16(15-17(2)25)22(26)23(21-9-6-14-24-21)27-20-12-10-19(11-13-20)18-7-4-3-5-8-18/h3-14,16,22-24,26H,15H2,1-2H3. The predicted octanol–water partition coefficient (Wildman–Crippen LogP) is 4.78. The minimum absolute atomic E-state index is 0.0546. The number of aliphatic hydroxyl groups is 1. The summed E-state index contributed by atoms with van der Waals surface area (Å²) in [4.78, 5) is 14.6. The van der Waals surface area contributed by atoms with Gasteiger partial charge in [0.25, 0.3) is 0 Å². The molecule has 0 aliphatic rings. The number of H-pyrrole nitrogens is 1. The summed E-state index contributed by atoms with van der Waals surface area (Å²) in [5.74, 6) is 0.516. The lowest BCUT2D eigenvalue weighted by Crippen LogP contribution is -2.31. The highest BCUT2D eigenvalue weighted by atomic mass is 16.5. The van der Waals surface area contributed by atoms with Crippen LogP contribution in [0.25, 0.3) is 11.1 Å². The Bertz CT molecular complexity index is 841. The second-order valence-corrected chi connectivity index (χ2v) is 6.93. The van der Waals surface area contributed by atoms with Gasteiger partial charge in [0.05, 0.1) is 11.8 Å². The molecule has 0 amide bonds. The second-order valence-electron chi connectivity index (χ2n) is 6.93. The van der Waals surface area contributed by atoms with Gasteiger partial charge < -0.3 is 19.6 Å². The third-order valence-corrected chi connectivity index (χ3v) is 4.66. The molecule has 0 bridgehead atoms. The Morgan fingerprint density at radius 1 is 1.00 bits per heavy atom. The van der Waals surface area contributed by atoms with Crippen LogP contribution in [0.15, 0.2) is 72.9 Å². The molecule has 0 fully saturated rings. The minimum Gasteiger partial charge on any atom is -0.481 e. The van der Waals surface area contributed by atoms with E-state index in [1.165, 1.54) is 6.92 Å². The first-order valence-corrected chi connectivity index (χ1v) is 9.17. The molecule has 0 aliphatic carbocycles. The fraction of sp³-hybridized carbons (Fsp3) is 0.261. The van der Waals surface area contributed by atoms with Crippen LogP contribution in [0.5, 0.6) is 5.75 Å². The number of carbonyl (C=O) groups is 1. The number of aromatic amines is 1. The van der Waals surface area contributed by atoms with E-state index in [4.69, 9.17) is 4.74 Å². The summed E-state index contributed by atoms with van der Waals surface area (Å²) >= 11 is 0. The van der Waals surface area contributed by atoms with Gasteiger partial charge >= 0.3 is 0 Å². The number of benzene rings is 2. The summed E-state index contributed by atoms with van der Waals surface area (Å²) in [6.07, 6.45) is 0.736. The molecule has 2 aromatic carbocycles. The molecule has 1 aromatic heterocycles. The zero-order valence-electron chi connectivity index (χ0n) is 15.6. The fourth-order valence-corrected chi connectivity index (χ4v) is 3.21. The Kier molecular flexibility index (Phi) is 6.09. The summed E-state index contributed by atoms with van der Waals surface area (Å²) in [5, 5.41) is 10.8. The van der Waals surface area contributed by atoms with Crippen LogP contribution in [0.1, 0.15) is 32.1 Å². The zero-order chi connectivity index (χ0) is 19.2. The van der Waals surface area contributed by atoms with Crippen molar-refractivity contribution < 1.29 is 14.6 Å². The molecule has 3 atom stereocenters. The van der Waals surface area contributed by atoms with Crippen molar-refractivity contribution in [2.24, 2.45) is 5.92 Å². The maximum Gasteiger partial charge on any atom is 0.164 e. The van der Waals surface area contributed by atoms with Crippen molar-refractivity contribution in [1.29, 1.82) is 0 Å². The van der Waals surface area contributed by atoms with Crippen molar-refractivity contribution in [2.45, 2.75) is 32.5 Å². The Morgan fingerprint density at radius 2 is 1.67 bits per heavy atom. The third-order valence-electron chi connectivity index (χ3n) is 4.66. The van der Waals surface area contributed by atoms with Gasteiger partial charge in [-0.25, -0.2) is 0 Å². The number of hydrogen-bond acceptors (Lipinski definition) is 3. The molecule has 0 radical (unpaired) electrons. The molecular formula is C23H25NO3. The van der Waals surface area contributed by atoms with Gasteiger partial charge in [0, 0.05) is 12.6 Å². The molecule has 27 heavy (non-hydrogen) atoms. The van der Waals surface area contributed by atoms with E-state index in [0.29, 0.717) is 12.2 Å². The maximum absolute atomic E-state index is 11.4. The highest BCUT2D eigenvalue weighted by molar-refractivity contribution is 5.75. The van der Waals surface area contributed by atoms with Crippen LogP contribution in [-0.2, 0) is 4.79 Å². The molecule has 2 N–H and O–H groups in total. The van der Waals surface area contributed by atoms with Gasteiger partial charge in [0.15, 0.2) is 6.10 Å². The van der Waals surface area contributed by atoms with Crippen molar-refractivity contribution >= 4 is 5.78 Å². The van der Waals surface area contributed by atoms with Gasteiger partial charge in [-0.1, -0.05) is 49.4 Å². The van der Waals surface area contributed by atoms with Crippen LogP contribution in [-0.4, -0.2) is 22.0 Å². The number of aromatic nitrogens is 1. The summed E-state index contributed by atoms with van der Waals surface area (Å²) in [5.41, 5.74) is 3.02. The van der Waals surface area contributed by atoms with Crippen LogP contribution < -0.4 is 4.74 Å². The molecule has 140 valence electrons. The molecule has 4 heteroatoms. The van der Waals surface area contributed by atoms with Gasteiger partial charge in [-0.05, 0) is 48.2 Å².